The van der Waals surface area contributed by atoms with Crippen LogP contribution in [0, 0.1) is 10.5 Å². The number of aromatic nitrogens is 4. The third kappa shape index (κ3) is 2.51. The van der Waals surface area contributed by atoms with E-state index in [0.717, 1.165) is 16.8 Å². The molecule has 6 heteroatoms. The number of rotatable bonds is 2. The summed E-state index contributed by atoms with van der Waals surface area (Å²) in [7, 11) is 1.86. The van der Waals surface area contributed by atoms with Crippen molar-refractivity contribution in [3.05, 3.63) is 56.1 Å². The monoisotopic (exact) mass is 392 g/mol. The van der Waals surface area contributed by atoms with Crippen LogP contribution in [0.25, 0.3) is 22.6 Å². The number of aryl methyl sites for hydroxylation is 1. The summed E-state index contributed by atoms with van der Waals surface area (Å²) in [6.07, 6.45) is 1.72. The summed E-state index contributed by atoms with van der Waals surface area (Å²) in [5.74, 6) is 0.546. The molecule has 2 heterocycles. The van der Waals surface area contributed by atoms with Gasteiger partial charge >= 0.3 is 0 Å². The number of halogens is 1. The van der Waals surface area contributed by atoms with Gasteiger partial charge in [-0.15, -0.1) is 0 Å². The molecular formula is C15H13IN4O. The molecule has 0 aliphatic heterocycles. The lowest BCUT2D eigenvalue weighted by atomic mass is 10.1. The maximum absolute atomic E-state index is 12.2. The maximum Gasteiger partial charge on any atom is 0.265 e. The highest BCUT2D eigenvalue weighted by Crippen LogP contribution is 2.24. The molecule has 5 nitrogen and oxygen atoms in total. The highest BCUT2D eigenvalue weighted by Gasteiger charge is 2.14. The van der Waals surface area contributed by atoms with Crippen molar-refractivity contribution in [1.29, 1.82) is 0 Å². The fourth-order valence-electron chi connectivity index (χ4n) is 2.10. The van der Waals surface area contributed by atoms with Crippen molar-refractivity contribution in [3.8, 4) is 22.6 Å². The van der Waals surface area contributed by atoms with Crippen molar-refractivity contribution in [3.63, 3.8) is 0 Å². The van der Waals surface area contributed by atoms with Crippen LogP contribution < -0.4 is 5.56 Å². The summed E-state index contributed by atoms with van der Waals surface area (Å²) in [6.45, 7) is 1.95. The molecule has 0 spiro atoms. The molecule has 0 radical (unpaired) electrons. The van der Waals surface area contributed by atoms with Gasteiger partial charge in [0.2, 0.25) is 0 Å². The van der Waals surface area contributed by atoms with Gasteiger partial charge < -0.3 is 4.98 Å². The fraction of sp³-hybridized carbons (Fsp3) is 0.133. The van der Waals surface area contributed by atoms with Crippen LogP contribution >= 0.6 is 22.6 Å². The third-order valence-corrected chi connectivity index (χ3v) is 4.40. The van der Waals surface area contributed by atoms with E-state index in [0.29, 0.717) is 15.1 Å². The third-order valence-electron chi connectivity index (χ3n) is 3.40. The molecule has 0 atom stereocenters. The molecule has 0 fully saturated rings. The number of benzene rings is 1. The van der Waals surface area contributed by atoms with Crippen LogP contribution in [0.3, 0.4) is 0 Å². The average Bonchev–Trinajstić information content (AvgIpc) is 2.83. The van der Waals surface area contributed by atoms with Gasteiger partial charge in [0.25, 0.3) is 5.56 Å². The van der Waals surface area contributed by atoms with Crippen LogP contribution in [0.4, 0.5) is 0 Å². The predicted molar refractivity (Wildman–Crippen MR) is 89.9 cm³/mol. The highest BCUT2D eigenvalue weighted by atomic mass is 127. The van der Waals surface area contributed by atoms with E-state index in [4.69, 9.17) is 0 Å². The number of nitrogens with zero attached hydrogens (tertiary/aromatic N) is 3. The lowest BCUT2D eigenvalue weighted by Crippen LogP contribution is -2.14. The van der Waals surface area contributed by atoms with Gasteiger partial charge in [-0.2, -0.15) is 5.10 Å². The Morgan fingerprint density at radius 2 is 1.95 bits per heavy atom. The molecule has 3 aromatic rings. The Bertz CT molecular complexity index is 852. The van der Waals surface area contributed by atoms with Gasteiger partial charge in [0.15, 0.2) is 0 Å². The number of aromatic amines is 1. The van der Waals surface area contributed by atoms with Crippen LogP contribution in [0.15, 0.2) is 41.3 Å². The van der Waals surface area contributed by atoms with E-state index in [-0.39, 0.29) is 5.56 Å². The van der Waals surface area contributed by atoms with Gasteiger partial charge in [0, 0.05) is 18.3 Å². The predicted octanol–water partition coefficient (Wildman–Crippen LogP) is 2.75. The lowest BCUT2D eigenvalue weighted by molar-refractivity contribution is 0.740. The first-order valence-corrected chi connectivity index (χ1v) is 7.50. The van der Waals surface area contributed by atoms with Crippen molar-refractivity contribution in [2.24, 2.45) is 7.05 Å². The van der Waals surface area contributed by atoms with Gasteiger partial charge in [-0.1, -0.05) is 30.3 Å². The Kier molecular flexibility index (Phi) is 3.62. The Morgan fingerprint density at radius 3 is 2.57 bits per heavy atom. The minimum absolute atomic E-state index is 0.136. The van der Waals surface area contributed by atoms with Crippen molar-refractivity contribution >= 4 is 22.6 Å². The minimum Gasteiger partial charge on any atom is -0.305 e. The molecule has 1 N–H and O–H groups in total. The van der Waals surface area contributed by atoms with Crippen LogP contribution in [0.1, 0.15) is 5.69 Å². The molecule has 0 amide bonds. The van der Waals surface area contributed by atoms with Crippen molar-refractivity contribution in [2.75, 3.05) is 0 Å². The zero-order chi connectivity index (χ0) is 15.0. The zero-order valence-corrected chi connectivity index (χ0v) is 13.7. The second-order valence-electron chi connectivity index (χ2n) is 4.71. The largest absolute Gasteiger partial charge is 0.305 e. The van der Waals surface area contributed by atoms with Gasteiger partial charge in [0.1, 0.15) is 9.39 Å². The standard InChI is InChI=1S/C15H13IN4O/c1-9-11(8-17-20(9)2)14-18-13(12(16)15(21)19-14)10-6-4-3-5-7-10/h3-8H,1-2H3,(H,18,19,21). The molecule has 21 heavy (non-hydrogen) atoms. The molecule has 0 bridgehead atoms. The first-order valence-electron chi connectivity index (χ1n) is 6.42. The quantitative estimate of drug-likeness (QED) is 0.683. The molecule has 2 aromatic heterocycles. The Labute approximate surface area is 135 Å². The van der Waals surface area contributed by atoms with Crippen molar-refractivity contribution < 1.29 is 0 Å². The normalized spacial score (nSPS) is 10.8. The summed E-state index contributed by atoms with van der Waals surface area (Å²) in [5, 5.41) is 4.20. The van der Waals surface area contributed by atoms with E-state index in [2.05, 4.69) is 15.1 Å². The number of hydrogen-bond acceptors (Lipinski definition) is 3. The smallest absolute Gasteiger partial charge is 0.265 e. The summed E-state index contributed by atoms with van der Waals surface area (Å²) >= 11 is 2.03. The molecule has 0 unspecified atom stereocenters. The maximum atomic E-state index is 12.2. The van der Waals surface area contributed by atoms with Crippen molar-refractivity contribution in [1.82, 2.24) is 19.7 Å². The highest BCUT2D eigenvalue weighted by molar-refractivity contribution is 14.1. The fourth-order valence-corrected chi connectivity index (χ4v) is 2.67. The minimum atomic E-state index is -0.136. The molecule has 1 aromatic carbocycles. The van der Waals surface area contributed by atoms with Crippen LogP contribution in [-0.2, 0) is 7.05 Å². The molecule has 106 valence electrons. The van der Waals surface area contributed by atoms with Gasteiger partial charge in [-0.05, 0) is 29.5 Å². The van der Waals surface area contributed by atoms with E-state index >= 15 is 0 Å². The van der Waals surface area contributed by atoms with Crippen LogP contribution in [-0.4, -0.2) is 19.7 Å². The second kappa shape index (κ2) is 5.44. The topological polar surface area (TPSA) is 63.6 Å². The lowest BCUT2D eigenvalue weighted by Gasteiger charge is -2.07. The molecule has 0 aliphatic rings. The average molecular weight is 392 g/mol. The SMILES string of the molecule is Cc1c(-c2nc(-c3ccccc3)c(I)c(=O)[nH]2)cnn1C. The molecule has 0 saturated heterocycles. The summed E-state index contributed by atoms with van der Waals surface area (Å²) < 4.78 is 2.35. The van der Waals surface area contributed by atoms with Crippen molar-refractivity contribution in [2.45, 2.75) is 6.92 Å². The van der Waals surface area contributed by atoms with E-state index in [1.54, 1.807) is 10.9 Å². The second-order valence-corrected chi connectivity index (χ2v) is 5.79. The van der Waals surface area contributed by atoms with Gasteiger partial charge in [0.05, 0.1) is 17.5 Å². The molecule has 0 aliphatic carbocycles. The number of H-pyrrole nitrogens is 1. The van der Waals surface area contributed by atoms with E-state index in [9.17, 15) is 4.79 Å². The van der Waals surface area contributed by atoms with Gasteiger partial charge in [-0.25, -0.2) is 4.98 Å². The summed E-state index contributed by atoms with van der Waals surface area (Å²) in [4.78, 5) is 19.7. The summed E-state index contributed by atoms with van der Waals surface area (Å²) in [5.41, 5.74) is 3.28. The Hall–Kier alpha value is -1.96. The first-order chi connectivity index (χ1) is 10.1. The molecule has 3 rings (SSSR count). The number of nitrogens with one attached hydrogen (secondary N) is 1. The van der Waals surface area contributed by atoms with E-state index in [1.807, 2.05) is 66.9 Å². The summed E-state index contributed by atoms with van der Waals surface area (Å²) in [6, 6.07) is 9.70. The van der Waals surface area contributed by atoms with E-state index < -0.39 is 0 Å². The van der Waals surface area contributed by atoms with Gasteiger partial charge in [-0.3, -0.25) is 9.48 Å². The van der Waals surface area contributed by atoms with Crippen LogP contribution in [0.5, 0.6) is 0 Å². The molecular weight excluding hydrogens is 379 g/mol. The zero-order valence-electron chi connectivity index (χ0n) is 11.6. The molecule has 0 saturated carbocycles. The number of hydrogen-bond donors (Lipinski definition) is 1. The first kappa shape index (κ1) is 14.0. The van der Waals surface area contributed by atoms with Crippen LogP contribution in [0.2, 0.25) is 0 Å². The Morgan fingerprint density at radius 1 is 1.24 bits per heavy atom. The Balaban J connectivity index is 2.24. The van der Waals surface area contributed by atoms with E-state index in [1.165, 1.54) is 0 Å².